The van der Waals surface area contributed by atoms with Gasteiger partial charge in [0.2, 0.25) is 0 Å². The summed E-state index contributed by atoms with van der Waals surface area (Å²) in [5, 5.41) is 4.01. The summed E-state index contributed by atoms with van der Waals surface area (Å²) in [5.74, 6) is 0.762. The Morgan fingerprint density at radius 2 is 2.17 bits per heavy atom. The highest BCUT2D eigenvalue weighted by molar-refractivity contribution is 6.31. The van der Waals surface area contributed by atoms with Crippen LogP contribution >= 0.6 is 11.6 Å². The van der Waals surface area contributed by atoms with E-state index in [0.29, 0.717) is 5.02 Å². The van der Waals surface area contributed by atoms with Crippen molar-refractivity contribution in [3.05, 3.63) is 28.8 Å². The molecule has 4 nitrogen and oxygen atoms in total. The highest BCUT2D eigenvalue weighted by Gasteiger charge is 2.16. The lowest BCUT2D eigenvalue weighted by molar-refractivity contribution is 0.228. The molecule has 5 heteroatoms. The predicted molar refractivity (Wildman–Crippen MR) is 74.2 cm³/mol. The monoisotopic (exact) mass is 269 g/mol. The third-order valence-electron chi connectivity index (χ3n) is 3.27. The lowest BCUT2D eigenvalue weighted by Crippen LogP contribution is -2.45. The lowest BCUT2D eigenvalue weighted by Gasteiger charge is -2.29. The zero-order chi connectivity index (χ0) is 13.0. The molecule has 1 aromatic carbocycles. The highest BCUT2D eigenvalue weighted by Crippen LogP contribution is 2.26. The highest BCUT2D eigenvalue weighted by atomic mass is 35.5. The van der Waals surface area contributed by atoms with Gasteiger partial charge in [-0.05, 0) is 17.7 Å². The van der Waals surface area contributed by atoms with Crippen LogP contribution in [0.4, 0.5) is 0 Å². The van der Waals surface area contributed by atoms with Gasteiger partial charge in [-0.25, -0.2) is 0 Å². The number of benzene rings is 1. The molecular weight excluding hydrogens is 250 g/mol. The first-order chi connectivity index (χ1) is 8.70. The molecule has 100 valence electrons. The van der Waals surface area contributed by atoms with Gasteiger partial charge in [-0.2, -0.15) is 0 Å². The molecule has 0 aromatic heterocycles. The molecule has 0 saturated carbocycles. The van der Waals surface area contributed by atoms with E-state index in [-0.39, 0.29) is 6.04 Å². The first-order valence-corrected chi connectivity index (χ1v) is 6.60. The van der Waals surface area contributed by atoms with Crippen molar-refractivity contribution in [3.63, 3.8) is 0 Å². The van der Waals surface area contributed by atoms with Crippen LogP contribution in [0.1, 0.15) is 11.6 Å². The Morgan fingerprint density at radius 3 is 2.78 bits per heavy atom. The molecule has 1 aliphatic heterocycles. The minimum absolute atomic E-state index is 0.0542. The molecule has 3 N–H and O–H groups in total. The van der Waals surface area contributed by atoms with Crippen molar-refractivity contribution in [1.29, 1.82) is 0 Å². The summed E-state index contributed by atoms with van der Waals surface area (Å²) < 4.78 is 5.14. The van der Waals surface area contributed by atoms with Crippen LogP contribution in [-0.4, -0.2) is 44.7 Å². The Labute approximate surface area is 113 Å². The number of halogens is 1. The molecule has 1 saturated heterocycles. The summed E-state index contributed by atoms with van der Waals surface area (Å²) in [6.45, 7) is 4.99. The van der Waals surface area contributed by atoms with Gasteiger partial charge < -0.3 is 15.8 Å². The molecule has 0 spiro atoms. The lowest BCUT2D eigenvalue weighted by atomic mass is 10.1. The van der Waals surface area contributed by atoms with E-state index >= 15 is 0 Å². The average molecular weight is 270 g/mol. The number of piperazine rings is 1. The van der Waals surface area contributed by atoms with E-state index in [1.54, 1.807) is 7.11 Å². The van der Waals surface area contributed by atoms with Crippen molar-refractivity contribution < 1.29 is 4.74 Å². The van der Waals surface area contributed by atoms with Crippen LogP contribution in [0.2, 0.25) is 5.02 Å². The van der Waals surface area contributed by atoms with Crippen LogP contribution in [-0.2, 0) is 0 Å². The Hall–Kier alpha value is -0.810. The van der Waals surface area contributed by atoms with E-state index in [2.05, 4.69) is 10.2 Å². The van der Waals surface area contributed by atoms with Gasteiger partial charge in [0.15, 0.2) is 0 Å². The van der Waals surface area contributed by atoms with Crippen LogP contribution in [0.25, 0.3) is 0 Å². The zero-order valence-corrected chi connectivity index (χ0v) is 11.4. The number of nitrogens with one attached hydrogen (secondary N) is 1. The number of nitrogens with zero attached hydrogens (tertiary/aromatic N) is 1. The quantitative estimate of drug-likeness (QED) is 0.864. The Morgan fingerprint density at radius 1 is 1.44 bits per heavy atom. The maximum atomic E-state index is 6.23. The van der Waals surface area contributed by atoms with Crippen molar-refractivity contribution in [2.75, 3.05) is 39.8 Å². The second-order valence-electron chi connectivity index (χ2n) is 4.54. The fraction of sp³-hybridized carbons (Fsp3) is 0.538. The van der Waals surface area contributed by atoms with Gasteiger partial charge in [0, 0.05) is 43.8 Å². The maximum Gasteiger partial charge on any atom is 0.120 e. The summed E-state index contributed by atoms with van der Waals surface area (Å²) >= 11 is 6.23. The van der Waals surface area contributed by atoms with Crippen molar-refractivity contribution >= 4 is 11.6 Å². The van der Waals surface area contributed by atoms with Gasteiger partial charge in [0.05, 0.1) is 7.11 Å². The van der Waals surface area contributed by atoms with Crippen LogP contribution < -0.4 is 15.8 Å². The fourth-order valence-corrected chi connectivity index (χ4v) is 2.52. The Bertz CT molecular complexity index is 394. The molecule has 0 bridgehead atoms. The van der Waals surface area contributed by atoms with Crippen LogP contribution in [0.3, 0.4) is 0 Å². The summed E-state index contributed by atoms with van der Waals surface area (Å²) in [7, 11) is 1.63. The standard InChI is InChI=1S/C13H20ClN3O/c1-18-10-2-3-11(12(14)8-10)13(15)9-17-6-4-16-5-7-17/h2-3,8,13,16H,4-7,9,15H2,1H3. The molecular formula is C13H20ClN3O. The van der Waals surface area contributed by atoms with Gasteiger partial charge in [0.1, 0.15) is 5.75 Å². The van der Waals surface area contributed by atoms with Crippen molar-refractivity contribution in [2.45, 2.75) is 6.04 Å². The van der Waals surface area contributed by atoms with Crippen LogP contribution in [0.5, 0.6) is 5.75 Å². The normalized spacial score (nSPS) is 18.6. The summed E-state index contributed by atoms with van der Waals surface area (Å²) in [6.07, 6.45) is 0. The van der Waals surface area contributed by atoms with E-state index in [9.17, 15) is 0 Å². The van der Waals surface area contributed by atoms with Gasteiger partial charge in [-0.3, -0.25) is 4.90 Å². The smallest absolute Gasteiger partial charge is 0.120 e. The number of nitrogens with two attached hydrogens (primary N) is 1. The molecule has 0 aliphatic carbocycles. The third kappa shape index (κ3) is 3.36. The van der Waals surface area contributed by atoms with E-state index in [0.717, 1.165) is 44.0 Å². The molecule has 1 aromatic rings. The topological polar surface area (TPSA) is 50.5 Å². The molecule has 2 rings (SSSR count). The minimum atomic E-state index is -0.0542. The number of hydrogen-bond acceptors (Lipinski definition) is 4. The van der Waals surface area contributed by atoms with Gasteiger partial charge in [-0.1, -0.05) is 17.7 Å². The first-order valence-electron chi connectivity index (χ1n) is 6.23. The number of rotatable bonds is 4. The average Bonchev–Trinajstić information content (AvgIpc) is 2.39. The first kappa shape index (κ1) is 13.6. The van der Waals surface area contributed by atoms with E-state index < -0.39 is 0 Å². The SMILES string of the molecule is COc1ccc(C(N)CN2CCNCC2)c(Cl)c1. The van der Waals surface area contributed by atoms with Crippen LogP contribution in [0.15, 0.2) is 18.2 Å². The molecule has 18 heavy (non-hydrogen) atoms. The van der Waals surface area contributed by atoms with Crippen LogP contribution in [0, 0.1) is 0 Å². The predicted octanol–water partition coefficient (Wildman–Crippen LogP) is 1.25. The Kier molecular flexibility index (Phi) is 4.83. The van der Waals surface area contributed by atoms with Gasteiger partial charge in [-0.15, -0.1) is 0 Å². The second-order valence-corrected chi connectivity index (χ2v) is 4.95. The summed E-state index contributed by atoms with van der Waals surface area (Å²) in [4.78, 5) is 2.36. The molecule has 1 heterocycles. The number of ether oxygens (including phenoxy) is 1. The van der Waals surface area contributed by atoms with E-state index in [4.69, 9.17) is 22.1 Å². The number of hydrogen-bond donors (Lipinski definition) is 2. The van der Waals surface area contributed by atoms with Crippen molar-refractivity contribution in [2.24, 2.45) is 5.73 Å². The third-order valence-corrected chi connectivity index (χ3v) is 3.60. The molecule has 1 atom stereocenters. The summed E-state index contributed by atoms with van der Waals surface area (Å²) in [5.41, 5.74) is 7.21. The van der Waals surface area contributed by atoms with Crippen molar-refractivity contribution in [3.8, 4) is 5.75 Å². The maximum absolute atomic E-state index is 6.23. The summed E-state index contributed by atoms with van der Waals surface area (Å²) in [6, 6.07) is 5.61. The largest absolute Gasteiger partial charge is 0.497 e. The molecule has 0 amide bonds. The fourth-order valence-electron chi connectivity index (χ4n) is 2.21. The van der Waals surface area contributed by atoms with Gasteiger partial charge >= 0.3 is 0 Å². The van der Waals surface area contributed by atoms with E-state index in [1.165, 1.54) is 0 Å². The van der Waals surface area contributed by atoms with Gasteiger partial charge in [0.25, 0.3) is 0 Å². The van der Waals surface area contributed by atoms with E-state index in [1.807, 2.05) is 18.2 Å². The molecule has 1 aliphatic rings. The zero-order valence-electron chi connectivity index (χ0n) is 10.7. The molecule has 1 fully saturated rings. The molecule has 0 radical (unpaired) electrons. The molecule has 1 unspecified atom stereocenters. The van der Waals surface area contributed by atoms with Crippen molar-refractivity contribution in [1.82, 2.24) is 10.2 Å². The second kappa shape index (κ2) is 6.38. The Balaban J connectivity index is 2.01. The number of methoxy groups -OCH3 is 1. The minimum Gasteiger partial charge on any atom is -0.497 e.